The van der Waals surface area contributed by atoms with Crippen LogP contribution in [0.25, 0.3) is 68.9 Å². The SMILES string of the molecule is C=Cc1ccc(C2=C(c3ccc(C#Cc4ccccc4)cc3)C(c3ccc(Oc4ccc(C5=C(c6ccc(C=C)cc6)C(=O)C(c6ccc(C=C)cc6)=C5c5ccc(C#Cc6ccccc6)cc5)cc4)cc3)=C(c3ccc(C=C)cc3)C2=O)cc1. The zero-order valence-electron chi connectivity index (χ0n) is 46.6. The zero-order chi connectivity index (χ0) is 58.2. The van der Waals surface area contributed by atoms with Gasteiger partial charge >= 0.3 is 0 Å². The maximum atomic E-state index is 15.3. The molecule has 3 heteroatoms. The van der Waals surface area contributed by atoms with E-state index in [2.05, 4.69) is 74.3 Å². The van der Waals surface area contributed by atoms with E-state index in [0.717, 1.165) is 111 Å². The van der Waals surface area contributed by atoms with Crippen LogP contribution >= 0.6 is 0 Å². The number of hydrogen-bond donors (Lipinski definition) is 0. The highest BCUT2D eigenvalue weighted by molar-refractivity contribution is 6.60. The Kier molecular flexibility index (Phi) is 15.4. The summed E-state index contributed by atoms with van der Waals surface area (Å²) in [5, 5.41) is 0. The molecule has 3 nitrogen and oxygen atoms in total. The highest BCUT2D eigenvalue weighted by atomic mass is 16.5. The summed E-state index contributed by atoms with van der Waals surface area (Å²) < 4.78 is 6.66. The summed E-state index contributed by atoms with van der Waals surface area (Å²) in [7, 11) is 0. The number of ketones is 2. The number of Topliss-reactive ketones (excluding diaryl/α,β-unsaturated/α-hetero) is 2. The first-order valence-electron chi connectivity index (χ1n) is 28.0. The Morgan fingerprint density at radius 1 is 0.235 bits per heavy atom. The molecule has 0 spiro atoms. The van der Waals surface area contributed by atoms with Gasteiger partial charge in [0.15, 0.2) is 11.6 Å². The Morgan fingerprint density at radius 3 is 0.671 bits per heavy atom. The number of benzene rings is 10. The minimum atomic E-state index is -0.0760. The molecule has 0 fully saturated rings. The Labute approximate surface area is 497 Å². The van der Waals surface area contributed by atoms with Crippen molar-refractivity contribution in [1.29, 1.82) is 0 Å². The molecule has 12 rings (SSSR count). The topological polar surface area (TPSA) is 43.4 Å². The highest BCUT2D eigenvalue weighted by Gasteiger charge is 2.37. The molecule has 2 aliphatic rings. The minimum Gasteiger partial charge on any atom is -0.457 e. The predicted octanol–water partition coefficient (Wildman–Crippen LogP) is 19.1. The number of carbonyl (C=O) groups excluding carboxylic acids is 2. The molecule has 0 atom stereocenters. The molecule has 10 aromatic carbocycles. The van der Waals surface area contributed by atoms with Gasteiger partial charge in [-0.15, -0.1) is 0 Å². The lowest BCUT2D eigenvalue weighted by Gasteiger charge is -2.16. The van der Waals surface area contributed by atoms with Gasteiger partial charge in [0.05, 0.1) is 0 Å². The van der Waals surface area contributed by atoms with E-state index in [9.17, 15) is 0 Å². The Morgan fingerprint density at radius 2 is 0.435 bits per heavy atom. The molecule has 2 aliphatic carbocycles. The smallest absolute Gasteiger partial charge is 0.195 e. The van der Waals surface area contributed by atoms with Gasteiger partial charge in [-0.3, -0.25) is 9.59 Å². The quantitative estimate of drug-likeness (QED) is 0.102. The average molecular weight is 1090 g/mol. The van der Waals surface area contributed by atoms with E-state index in [1.165, 1.54) is 0 Å². The molecule has 0 N–H and O–H groups in total. The second kappa shape index (κ2) is 24.2. The van der Waals surface area contributed by atoms with Crippen molar-refractivity contribution in [2.75, 3.05) is 0 Å². The van der Waals surface area contributed by atoms with Crippen molar-refractivity contribution in [2.45, 2.75) is 0 Å². The van der Waals surface area contributed by atoms with Crippen molar-refractivity contribution in [2.24, 2.45) is 0 Å². The number of ether oxygens (including phenoxy) is 1. The van der Waals surface area contributed by atoms with E-state index < -0.39 is 0 Å². The van der Waals surface area contributed by atoms with Crippen molar-refractivity contribution >= 4 is 80.5 Å². The first-order chi connectivity index (χ1) is 41.8. The standard InChI is InChI=1S/C82H54O3/c1-5-55-23-35-67(36-24-55)77-73(63-43-31-61(32-44-63)21-19-59-15-11-9-12-16-59)75(79(81(77)83)69-39-27-57(7-3)28-40-69)65-47-51-71(52-48-65)85-72-53-49-66(50-54-72)76-74(64-45-33-62(34-46-64)22-20-60-17-13-10-14-18-60)78(68-37-25-56(6-2)26-38-68)82(84)80(76)70-41-29-58(8-4)30-42-70/h5-18,23-54H,1-4H2. The summed E-state index contributed by atoms with van der Waals surface area (Å²) in [6.07, 6.45) is 7.20. The van der Waals surface area contributed by atoms with Crippen LogP contribution in [0.1, 0.15) is 89.0 Å². The summed E-state index contributed by atoms with van der Waals surface area (Å²) in [5.74, 6) is 14.2. The van der Waals surface area contributed by atoms with Crippen LogP contribution in [0.15, 0.2) is 281 Å². The monoisotopic (exact) mass is 1090 g/mol. The fourth-order valence-corrected chi connectivity index (χ4v) is 10.9. The molecule has 85 heavy (non-hydrogen) atoms. The van der Waals surface area contributed by atoms with E-state index in [4.69, 9.17) is 4.74 Å². The second-order valence-electron chi connectivity index (χ2n) is 20.5. The molecule has 0 saturated heterocycles. The molecule has 0 aromatic heterocycles. The van der Waals surface area contributed by atoms with Gasteiger partial charge in [-0.2, -0.15) is 0 Å². The lowest BCUT2D eigenvalue weighted by molar-refractivity contribution is -0.109. The normalized spacial score (nSPS) is 12.8. The highest BCUT2D eigenvalue weighted by Crippen LogP contribution is 2.52. The van der Waals surface area contributed by atoms with E-state index in [0.29, 0.717) is 33.8 Å². The van der Waals surface area contributed by atoms with Crippen molar-refractivity contribution in [3.05, 3.63) is 370 Å². The van der Waals surface area contributed by atoms with E-state index >= 15 is 9.59 Å². The summed E-state index contributed by atoms with van der Waals surface area (Å²) in [6, 6.07) is 83.8. The summed E-state index contributed by atoms with van der Waals surface area (Å²) in [4.78, 5) is 30.7. The maximum absolute atomic E-state index is 15.3. The van der Waals surface area contributed by atoms with E-state index in [-0.39, 0.29) is 11.6 Å². The maximum Gasteiger partial charge on any atom is 0.195 e. The van der Waals surface area contributed by atoms with Crippen LogP contribution in [-0.2, 0) is 9.59 Å². The molecule has 0 bridgehead atoms. The molecule has 0 unspecified atom stereocenters. The summed E-state index contributed by atoms with van der Waals surface area (Å²) >= 11 is 0. The van der Waals surface area contributed by atoms with E-state index in [1.54, 1.807) is 24.3 Å². The van der Waals surface area contributed by atoms with E-state index in [1.807, 2.05) is 231 Å². The average Bonchev–Trinajstić information content (AvgIpc) is 2.01. The van der Waals surface area contributed by atoms with Gasteiger partial charge in [-0.1, -0.05) is 256 Å². The Bertz CT molecular complexity index is 4230. The second-order valence-corrected chi connectivity index (χ2v) is 20.5. The van der Waals surface area contributed by atoms with Gasteiger partial charge in [0, 0.05) is 66.8 Å². The van der Waals surface area contributed by atoms with Crippen LogP contribution in [0.2, 0.25) is 0 Å². The molecular formula is C82H54O3. The molecule has 0 aliphatic heterocycles. The van der Waals surface area contributed by atoms with Crippen LogP contribution in [0, 0.1) is 23.7 Å². The number of rotatable bonds is 14. The number of hydrogen-bond acceptors (Lipinski definition) is 3. The number of carbonyl (C=O) groups is 2. The fraction of sp³-hybridized carbons (Fsp3) is 0. The molecule has 0 amide bonds. The van der Waals surface area contributed by atoms with Gasteiger partial charge in [0.1, 0.15) is 11.5 Å². The first kappa shape index (κ1) is 54.0. The Balaban J connectivity index is 0.928. The zero-order valence-corrected chi connectivity index (χ0v) is 46.6. The van der Waals surface area contributed by atoms with Crippen LogP contribution in [-0.4, -0.2) is 11.6 Å². The van der Waals surface area contributed by atoms with Gasteiger partial charge < -0.3 is 4.74 Å². The summed E-state index contributed by atoms with van der Waals surface area (Å²) in [5.41, 5.74) is 19.7. The third-order valence-corrected chi connectivity index (χ3v) is 15.3. The van der Waals surface area contributed by atoms with Crippen molar-refractivity contribution < 1.29 is 14.3 Å². The van der Waals surface area contributed by atoms with Crippen molar-refractivity contribution in [1.82, 2.24) is 0 Å². The fourth-order valence-electron chi connectivity index (χ4n) is 10.9. The van der Waals surface area contributed by atoms with Gasteiger partial charge in [0.25, 0.3) is 0 Å². The largest absolute Gasteiger partial charge is 0.457 e. The molecule has 0 radical (unpaired) electrons. The molecule has 10 aromatic rings. The molecule has 0 saturated carbocycles. The third kappa shape index (κ3) is 11.3. The van der Waals surface area contributed by atoms with Crippen LogP contribution in [0.5, 0.6) is 11.5 Å². The van der Waals surface area contributed by atoms with Crippen LogP contribution in [0.4, 0.5) is 0 Å². The molecular weight excluding hydrogens is 1030 g/mol. The van der Waals surface area contributed by atoms with Crippen molar-refractivity contribution in [3.8, 4) is 35.2 Å². The Hall–Kier alpha value is -11.6. The van der Waals surface area contributed by atoms with Crippen LogP contribution in [0.3, 0.4) is 0 Å². The van der Waals surface area contributed by atoms with Gasteiger partial charge in [0.2, 0.25) is 0 Å². The lowest BCUT2D eigenvalue weighted by Crippen LogP contribution is -2.02. The number of allylic oxidation sites excluding steroid dienone is 8. The summed E-state index contributed by atoms with van der Waals surface area (Å²) in [6.45, 7) is 15.9. The lowest BCUT2D eigenvalue weighted by atomic mass is 9.88. The molecule has 400 valence electrons. The first-order valence-corrected chi connectivity index (χ1v) is 28.0. The van der Waals surface area contributed by atoms with Gasteiger partial charge in [-0.25, -0.2) is 0 Å². The van der Waals surface area contributed by atoms with Gasteiger partial charge in [-0.05, 0) is 140 Å². The minimum absolute atomic E-state index is 0.0760. The van der Waals surface area contributed by atoms with Crippen LogP contribution < -0.4 is 4.74 Å². The van der Waals surface area contributed by atoms with Crippen molar-refractivity contribution in [3.63, 3.8) is 0 Å². The molecule has 0 heterocycles. The predicted molar refractivity (Wildman–Crippen MR) is 354 cm³/mol. The third-order valence-electron chi connectivity index (χ3n) is 15.3.